The van der Waals surface area contributed by atoms with E-state index >= 15 is 0 Å². The highest BCUT2D eigenvalue weighted by atomic mass is 19.4. The zero-order valence-corrected chi connectivity index (χ0v) is 19.0. The molecular formula is C21H30F3N5O4. The molecule has 0 radical (unpaired) electrons. The lowest BCUT2D eigenvalue weighted by Crippen LogP contribution is -2.45. The molecule has 1 aromatic rings. The quantitative estimate of drug-likeness (QED) is 0.620. The van der Waals surface area contributed by atoms with Gasteiger partial charge in [-0.15, -0.1) is 0 Å². The largest absolute Gasteiger partial charge is 0.490 e. The minimum atomic E-state index is -5.08. The van der Waals surface area contributed by atoms with Crippen LogP contribution in [0.1, 0.15) is 47.3 Å². The van der Waals surface area contributed by atoms with Gasteiger partial charge in [0.25, 0.3) is 5.91 Å². The Morgan fingerprint density at radius 1 is 1.15 bits per heavy atom. The van der Waals surface area contributed by atoms with Crippen LogP contribution in [0.15, 0.2) is 6.07 Å². The maximum atomic E-state index is 12.6. The van der Waals surface area contributed by atoms with E-state index in [9.17, 15) is 22.8 Å². The van der Waals surface area contributed by atoms with Crippen LogP contribution in [0.3, 0.4) is 0 Å². The number of alkyl halides is 3. The minimum absolute atomic E-state index is 0.0315. The summed E-state index contributed by atoms with van der Waals surface area (Å²) in [5.74, 6) is -2.22. The molecule has 1 aliphatic heterocycles. The van der Waals surface area contributed by atoms with Crippen LogP contribution in [-0.4, -0.2) is 79.3 Å². The van der Waals surface area contributed by atoms with Gasteiger partial charge in [-0.3, -0.25) is 4.79 Å². The van der Waals surface area contributed by atoms with E-state index < -0.39 is 12.1 Å². The van der Waals surface area contributed by atoms with Crippen molar-refractivity contribution in [2.24, 2.45) is 0 Å². The summed E-state index contributed by atoms with van der Waals surface area (Å²) in [7, 11) is 5.40. The average molecular weight is 473 g/mol. The SMILES string of the molecule is CNC(=O)c1cc2c(nc1N(C)C)CCN(C(=O)NC1CCCC1)CC2.O=C(O)C(F)(F)F. The Labute approximate surface area is 190 Å². The molecule has 0 atom stereocenters. The van der Waals surface area contributed by atoms with Gasteiger partial charge < -0.3 is 25.5 Å². The van der Waals surface area contributed by atoms with Crippen molar-refractivity contribution in [1.82, 2.24) is 20.5 Å². The van der Waals surface area contributed by atoms with Gasteiger partial charge in [0.05, 0.1) is 5.56 Å². The van der Waals surface area contributed by atoms with E-state index in [1.165, 1.54) is 12.8 Å². The smallest absolute Gasteiger partial charge is 0.475 e. The standard InChI is InChI=1S/C19H29N5O2.C2HF3O2/c1-20-18(25)15-12-13-8-10-24(19(26)21-14-6-4-5-7-14)11-9-16(13)22-17(15)23(2)3;3-2(4,5)1(6)7/h12,14H,4-11H2,1-3H3,(H,20,25)(H,21,26);(H,6,7). The van der Waals surface area contributed by atoms with Crippen molar-refractivity contribution in [3.8, 4) is 0 Å². The van der Waals surface area contributed by atoms with Crippen LogP contribution in [0, 0.1) is 0 Å². The molecule has 0 aromatic carbocycles. The van der Waals surface area contributed by atoms with E-state index in [1.54, 1.807) is 7.05 Å². The Kier molecular flexibility index (Phi) is 8.89. The first kappa shape index (κ1) is 26.2. The molecule has 2 aliphatic rings. The van der Waals surface area contributed by atoms with Gasteiger partial charge in [0, 0.05) is 52.4 Å². The third kappa shape index (κ3) is 7.22. The lowest BCUT2D eigenvalue weighted by atomic mass is 10.0. The normalized spacial score (nSPS) is 16.1. The summed E-state index contributed by atoms with van der Waals surface area (Å²) in [6.45, 7) is 1.31. The number of aromatic nitrogens is 1. The third-order valence-corrected chi connectivity index (χ3v) is 5.55. The molecule has 1 aromatic heterocycles. The van der Waals surface area contributed by atoms with Crippen LogP contribution < -0.4 is 15.5 Å². The second-order valence-corrected chi connectivity index (χ2v) is 8.16. The number of carbonyl (C=O) groups excluding carboxylic acids is 2. The highest BCUT2D eigenvalue weighted by Crippen LogP contribution is 2.24. The van der Waals surface area contributed by atoms with E-state index in [-0.39, 0.29) is 11.9 Å². The van der Waals surface area contributed by atoms with E-state index in [0.717, 1.165) is 30.5 Å². The first-order chi connectivity index (χ1) is 15.4. The Hall–Kier alpha value is -3.05. The maximum absolute atomic E-state index is 12.6. The predicted molar refractivity (Wildman–Crippen MR) is 115 cm³/mol. The number of carboxylic acid groups (broad SMARTS) is 1. The van der Waals surface area contributed by atoms with Crippen molar-refractivity contribution < 1.29 is 32.7 Å². The van der Waals surface area contributed by atoms with Gasteiger partial charge in [0.1, 0.15) is 5.82 Å². The lowest BCUT2D eigenvalue weighted by molar-refractivity contribution is -0.192. The molecular weight excluding hydrogens is 443 g/mol. The summed E-state index contributed by atoms with van der Waals surface area (Å²) >= 11 is 0. The number of hydrogen-bond acceptors (Lipinski definition) is 5. The number of anilines is 1. The lowest BCUT2D eigenvalue weighted by Gasteiger charge is -2.23. The van der Waals surface area contributed by atoms with Gasteiger partial charge in [-0.25, -0.2) is 14.6 Å². The van der Waals surface area contributed by atoms with Crippen molar-refractivity contribution in [3.63, 3.8) is 0 Å². The Morgan fingerprint density at radius 2 is 1.73 bits per heavy atom. The van der Waals surface area contributed by atoms with Crippen LogP contribution in [0.25, 0.3) is 0 Å². The number of rotatable bonds is 3. The number of hydrogen-bond donors (Lipinski definition) is 3. The van der Waals surface area contributed by atoms with E-state index in [2.05, 4.69) is 10.6 Å². The molecule has 33 heavy (non-hydrogen) atoms. The number of nitrogens with one attached hydrogen (secondary N) is 2. The van der Waals surface area contributed by atoms with Crippen LogP contribution in [0.5, 0.6) is 0 Å². The minimum Gasteiger partial charge on any atom is -0.475 e. The second-order valence-electron chi connectivity index (χ2n) is 8.16. The number of fused-ring (bicyclic) bond motifs is 1. The molecule has 0 bridgehead atoms. The topological polar surface area (TPSA) is 115 Å². The summed E-state index contributed by atoms with van der Waals surface area (Å²) in [5.41, 5.74) is 2.63. The van der Waals surface area contributed by atoms with Crippen molar-refractivity contribution in [2.75, 3.05) is 39.1 Å². The molecule has 3 rings (SSSR count). The fourth-order valence-electron chi connectivity index (χ4n) is 3.80. The molecule has 184 valence electrons. The molecule has 1 fully saturated rings. The Bertz CT molecular complexity index is 870. The number of amides is 3. The number of carbonyl (C=O) groups is 3. The van der Waals surface area contributed by atoms with Crippen LogP contribution >= 0.6 is 0 Å². The molecule has 2 heterocycles. The highest BCUT2D eigenvalue weighted by Gasteiger charge is 2.38. The van der Waals surface area contributed by atoms with Gasteiger partial charge in [-0.2, -0.15) is 13.2 Å². The van der Waals surface area contributed by atoms with Crippen molar-refractivity contribution in [3.05, 3.63) is 22.9 Å². The molecule has 0 unspecified atom stereocenters. The van der Waals surface area contributed by atoms with E-state index in [1.807, 2.05) is 30.0 Å². The van der Waals surface area contributed by atoms with Crippen LogP contribution in [0.4, 0.5) is 23.8 Å². The van der Waals surface area contributed by atoms with Gasteiger partial charge in [0.15, 0.2) is 0 Å². The van der Waals surface area contributed by atoms with Crippen LogP contribution in [0.2, 0.25) is 0 Å². The summed E-state index contributed by atoms with van der Waals surface area (Å²) < 4.78 is 31.7. The molecule has 1 saturated carbocycles. The highest BCUT2D eigenvalue weighted by molar-refractivity contribution is 5.99. The monoisotopic (exact) mass is 473 g/mol. The summed E-state index contributed by atoms with van der Waals surface area (Å²) in [5, 5.41) is 13.0. The molecule has 0 saturated heterocycles. The number of carboxylic acids is 1. The zero-order chi connectivity index (χ0) is 24.8. The van der Waals surface area contributed by atoms with Crippen molar-refractivity contribution in [2.45, 2.75) is 50.7 Å². The predicted octanol–water partition coefficient (Wildman–Crippen LogP) is 2.19. The van der Waals surface area contributed by atoms with E-state index in [4.69, 9.17) is 14.9 Å². The number of urea groups is 1. The molecule has 3 N–H and O–H groups in total. The van der Waals surface area contributed by atoms with Gasteiger partial charge in [-0.05, 0) is 30.9 Å². The summed E-state index contributed by atoms with van der Waals surface area (Å²) in [6, 6.07) is 2.30. The number of pyridine rings is 1. The molecule has 1 aliphatic carbocycles. The first-order valence-electron chi connectivity index (χ1n) is 10.7. The van der Waals surface area contributed by atoms with Crippen molar-refractivity contribution in [1.29, 1.82) is 0 Å². The zero-order valence-electron chi connectivity index (χ0n) is 19.0. The van der Waals surface area contributed by atoms with E-state index in [0.29, 0.717) is 36.9 Å². The fraction of sp³-hybridized carbons (Fsp3) is 0.619. The van der Waals surface area contributed by atoms with Gasteiger partial charge >= 0.3 is 18.2 Å². The Balaban J connectivity index is 0.000000479. The second kappa shape index (κ2) is 11.2. The molecule has 9 nitrogen and oxygen atoms in total. The first-order valence-corrected chi connectivity index (χ1v) is 10.7. The van der Waals surface area contributed by atoms with Gasteiger partial charge in [-0.1, -0.05) is 12.8 Å². The molecule has 3 amide bonds. The average Bonchev–Trinajstić information content (AvgIpc) is 3.16. The molecule has 0 spiro atoms. The van der Waals surface area contributed by atoms with Crippen molar-refractivity contribution >= 4 is 23.7 Å². The Morgan fingerprint density at radius 3 is 2.24 bits per heavy atom. The van der Waals surface area contributed by atoms with Crippen LogP contribution in [-0.2, 0) is 17.6 Å². The summed E-state index contributed by atoms with van der Waals surface area (Å²) in [4.78, 5) is 42.2. The van der Waals surface area contributed by atoms with Gasteiger partial charge in [0.2, 0.25) is 0 Å². The molecule has 12 heteroatoms. The number of nitrogens with zero attached hydrogens (tertiary/aromatic N) is 3. The maximum Gasteiger partial charge on any atom is 0.490 e. The third-order valence-electron chi connectivity index (χ3n) is 5.55. The number of aliphatic carboxylic acids is 1. The summed E-state index contributed by atoms with van der Waals surface area (Å²) in [6.07, 6.45) is 0.929. The number of halogens is 3. The fourth-order valence-corrected chi connectivity index (χ4v) is 3.80.